The number of hydrogen-bond acceptors (Lipinski definition) is 3. The van der Waals surface area contributed by atoms with E-state index in [2.05, 4.69) is 15.8 Å². The van der Waals surface area contributed by atoms with Gasteiger partial charge < -0.3 is 5.11 Å². The quantitative estimate of drug-likeness (QED) is 0.625. The van der Waals surface area contributed by atoms with Crippen LogP contribution in [-0.4, -0.2) is 17.1 Å². The van der Waals surface area contributed by atoms with Crippen molar-refractivity contribution in [3.05, 3.63) is 66.2 Å². The Labute approximate surface area is 117 Å². The van der Waals surface area contributed by atoms with Gasteiger partial charge in [-0.15, -0.1) is 5.11 Å². The van der Waals surface area contributed by atoms with Gasteiger partial charge in [0.05, 0.1) is 5.69 Å². The van der Waals surface area contributed by atoms with Crippen molar-refractivity contribution in [1.29, 1.82) is 0 Å². The summed E-state index contributed by atoms with van der Waals surface area (Å²) >= 11 is 0. The lowest BCUT2D eigenvalue weighted by Crippen LogP contribution is -2.34. The molecule has 0 radical (unpaired) electrons. The molecule has 0 spiro atoms. The first-order chi connectivity index (χ1) is 9.75. The maximum atomic E-state index is 11.2. The second kappa shape index (κ2) is 7.04. The minimum atomic E-state index is -0.958. The fraction of sp³-hybridized carbons (Fsp3) is 0.133. The van der Waals surface area contributed by atoms with Gasteiger partial charge >= 0.3 is 5.97 Å². The van der Waals surface area contributed by atoms with Gasteiger partial charge in [-0.2, -0.15) is 0 Å². The Kier molecular flexibility index (Phi) is 4.83. The summed E-state index contributed by atoms with van der Waals surface area (Å²) in [4.78, 5) is 11.2. The zero-order valence-corrected chi connectivity index (χ0v) is 10.8. The molecule has 2 aromatic rings. The van der Waals surface area contributed by atoms with Gasteiger partial charge in [0.15, 0.2) is 0 Å². The highest BCUT2D eigenvalue weighted by atomic mass is 16.4. The fourth-order valence-corrected chi connectivity index (χ4v) is 1.69. The molecule has 0 amide bonds. The Hall–Kier alpha value is -2.69. The van der Waals surface area contributed by atoms with Gasteiger partial charge in [-0.25, -0.2) is 4.79 Å². The van der Waals surface area contributed by atoms with Crippen LogP contribution in [0.25, 0.3) is 0 Å². The number of benzene rings is 2. The minimum Gasteiger partial charge on any atom is -0.480 e. The smallest absolute Gasteiger partial charge is 0.328 e. The molecule has 1 atom stereocenters. The van der Waals surface area contributed by atoms with Crippen molar-refractivity contribution in [1.82, 2.24) is 5.43 Å². The van der Waals surface area contributed by atoms with E-state index in [-0.39, 0.29) is 0 Å². The molecule has 1 unspecified atom stereocenters. The molecule has 2 N–H and O–H groups in total. The molecule has 5 nitrogen and oxygen atoms in total. The van der Waals surface area contributed by atoms with Gasteiger partial charge in [0, 0.05) is 6.42 Å². The number of carboxylic acids is 1. The first-order valence-corrected chi connectivity index (χ1v) is 6.24. The van der Waals surface area contributed by atoms with Crippen molar-refractivity contribution in [3.63, 3.8) is 0 Å². The molecule has 0 fully saturated rings. The van der Waals surface area contributed by atoms with Crippen LogP contribution in [0, 0.1) is 0 Å². The normalized spacial score (nSPS) is 12.2. The van der Waals surface area contributed by atoms with Crippen LogP contribution in [0.1, 0.15) is 5.56 Å². The van der Waals surface area contributed by atoms with Crippen LogP contribution >= 0.6 is 0 Å². The molecular formula is C15H15N3O2. The summed E-state index contributed by atoms with van der Waals surface area (Å²) in [6.07, 6.45) is 0.351. The van der Waals surface area contributed by atoms with Crippen LogP contribution < -0.4 is 5.43 Å². The van der Waals surface area contributed by atoms with Crippen molar-refractivity contribution >= 4 is 11.7 Å². The summed E-state index contributed by atoms with van der Waals surface area (Å²) in [5.41, 5.74) is 4.18. The Morgan fingerprint density at radius 3 is 2.25 bits per heavy atom. The van der Waals surface area contributed by atoms with E-state index in [1.54, 1.807) is 12.1 Å². The molecule has 102 valence electrons. The molecule has 0 aliphatic carbocycles. The average Bonchev–Trinajstić information content (AvgIpc) is 2.48. The SMILES string of the molecule is O=C(O)C(Cc1ccccc1)N/N=N/c1ccccc1. The molecule has 5 heteroatoms. The maximum absolute atomic E-state index is 11.2. The van der Waals surface area contributed by atoms with Gasteiger partial charge in [-0.3, -0.25) is 5.43 Å². The third-order valence-electron chi connectivity index (χ3n) is 2.72. The van der Waals surface area contributed by atoms with E-state index in [1.165, 1.54) is 0 Å². The van der Waals surface area contributed by atoms with Crippen LogP contribution in [0.15, 0.2) is 71.0 Å². The number of nitrogens with one attached hydrogen (secondary N) is 1. The summed E-state index contributed by atoms with van der Waals surface area (Å²) in [5.74, 6) is -0.958. The lowest BCUT2D eigenvalue weighted by atomic mass is 10.1. The first kappa shape index (κ1) is 13.7. The molecule has 0 heterocycles. The molecule has 0 aliphatic rings. The summed E-state index contributed by atoms with van der Waals surface area (Å²) in [6.45, 7) is 0. The molecule has 0 aliphatic heterocycles. The number of rotatable bonds is 6. The predicted octanol–water partition coefficient (Wildman–Crippen LogP) is 2.97. The Bertz CT molecular complexity index is 570. The Morgan fingerprint density at radius 2 is 1.65 bits per heavy atom. The second-order valence-electron chi connectivity index (χ2n) is 4.25. The van der Waals surface area contributed by atoms with E-state index >= 15 is 0 Å². The lowest BCUT2D eigenvalue weighted by molar-refractivity contribution is -0.139. The van der Waals surface area contributed by atoms with Gasteiger partial charge in [0.25, 0.3) is 0 Å². The van der Waals surface area contributed by atoms with Crippen LogP contribution in [0.5, 0.6) is 0 Å². The minimum absolute atomic E-state index is 0.351. The fourth-order valence-electron chi connectivity index (χ4n) is 1.69. The topological polar surface area (TPSA) is 74.0 Å². The third kappa shape index (κ3) is 4.20. The highest BCUT2D eigenvalue weighted by Crippen LogP contribution is 2.10. The van der Waals surface area contributed by atoms with E-state index in [0.717, 1.165) is 5.56 Å². The summed E-state index contributed by atoms with van der Waals surface area (Å²) < 4.78 is 0. The third-order valence-corrected chi connectivity index (χ3v) is 2.72. The maximum Gasteiger partial charge on any atom is 0.328 e. The highest BCUT2D eigenvalue weighted by molar-refractivity contribution is 5.73. The van der Waals surface area contributed by atoms with E-state index in [4.69, 9.17) is 5.11 Å². The monoisotopic (exact) mass is 269 g/mol. The molecule has 0 saturated heterocycles. The van der Waals surface area contributed by atoms with Crippen LogP contribution in [0.4, 0.5) is 5.69 Å². The number of nitrogens with zero attached hydrogens (tertiary/aromatic N) is 2. The zero-order valence-electron chi connectivity index (χ0n) is 10.8. The number of hydrogen-bond donors (Lipinski definition) is 2. The molecule has 0 aromatic heterocycles. The summed E-state index contributed by atoms with van der Waals surface area (Å²) in [5, 5.41) is 16.8. The molecule has 2 aromatic carbocycles. The Balaban J connectivity index is 1.96. The van der Waals surface area contributed by atoms with E-state index in [1.807, 2.05) is 48.5 Å². The van der Waals surface area contributed by atoms with Crippen LogP contribution in [0.2, 0.25) is 0 Å². The summed E-state index contributed by atoms with van der Waals surface area (Å²) in [7, 11) is 0. The van der Waals surface area contributed by atoms with E-state index in [0.29, 0.717) is 12.1 Å². The first-order valence-electron chi connectivity index (χ1n) is 6.24. The van der Waals surface area contributed by atoms with Crippen LogP contribution in [0.3, 0.4) is 0 Å². The van der Waals surface area contributed by atoms with Gasteiger partial charge in [0.2, 0.25) is 0 Å². The van der Waals surface area contributed by atoms with Crippen molar-refractivity contribution in [2.24, 2.45) is 10.3 Å². The van der Waals surface area contributed by atoms with E-state index in [9.17, 15) is 4.79 Å². The van der Waals surface area contributed by atoms with Crippen molar-refractivity contribution in [2.45, 2.75) is 12.5 Å². The molecule has 0 saturated carbocycles. The molecule has 0 bridgehead atoms. The van der Waals surface area contributed by atoms with Gasteiger partial charge in [0.1, 0.15) is 6.04 Å². The largest absolute Gasteiger partial charge is 0.480 e. The summed E-state index contributed by atoms with van der Waals surface area (Å²) in [6, 6.07) is 17.7. The van der Waals surface area contributed by atoms with Gasteiger partial charge in [-0.1, -0.05) is 53.8 Å². The number of carboxylic acid groups (broad SMARTS) is 1. The predicted molar refractivity (Wildman–Crippen MR) is 75.7 cm³/mol. The standard InChI is InChI=1S/C15H15N3O2/c19-15(20)14(11-12-7-3-1-4-8-12)17-18-16-13-9-5-2-6-10-13/h1-10,14H,11H2,(H,16,17)(H,19,20). The van der Waals surface area contributed by atoms with E-state index < -0.39 is 12.0 Å². The second-order valence-corrected chi connectivity index (χ2v) is 4.25. The van der Waals surface area contributed by atoms with Crippen LogP contribution in [-0.2, 0) is 11.2 Å². The zero-order chi connectivity index (χ0) is 14.2. The molecule has 20 heavy (non-hydrogen) atoms. The average molecular weight is 269 g/mol. The number of carbonyl (C=O) groups is 1. The van der Waals surface area contributed by atoms with Gasteiger partial charge in [-0.05, 0) is 17.7 Å². The highest BCUT2D eigenvalue weighted by Gasteiger charge is 2.16. The van der Waals surface area contributed by atoms with Crippen molar-refractivity contribution in [3.8, 4) is 0 Å². The molecular weight excluding hydrogens is 254 g/mol. The molecule has 2 rings (SSSR count). The Morgan fingerprint density at radius 1 is 1.05 bits per heavy atom. The van der Waals surface area contributed by atoms with Crippen molar-refractivity contribution in [2.75, 3.05) is 0 Å². The van der Waals surface area contributed by atoms with Crippen molar-refractivity contribution < 1.29 is 9.90 Å². The lowest BCUT2D eigenvalue weighted by Gasteiger charge is -2.10. The number of aliphatic carboxylic acids is 1.